The van der Waals surface area contributed by atoms with Crippen LogP contribution in [0.3, 0.4) is 0 Å². The number of rotatable bonds is 2. The molecule has 0 amide bonds. The molecule has 2 heteroatoms. The van der Waals surface area contributed by atoms with E-state index in [1.54, 1.807) is 0 Å². The van der Waals surface area contributed by atoms with Gasteiger partial charge in [0.25, 0.3) is 0 Å². The first-order valence-corrected chi connectivity index (χ1v) is 5.27. The lowest BCUT2D eigenvalue weighted by Gasteiger charge is -1.86. The van der Waals surface area contributed by atoms with Crippen molar-refractivity contribution in [2.75, 3.05) is 0 Å². The molecule has 0 aliphatic carbocycles. The molecule has 0 bridgehead atoms. The number of hydrogen-bond acceptors (Lipinski definition) is 2. The van der Waals surface area contributed by atoms with E-state index >= 15 is 0 Å². The molecule has 1 aromatic carbocycles. The highest BCUT2D eigenvalue weighted by atomic mass is 32.1. The van der Waals surface area contributed by atoms with Crippen LogP contribution in [-0.4, -0.2) is 0 Å². The Hall–Kier alpha value is -1.41. The minimum Gasteiger partial charge on any atom is -0.456 e. The first-order valence-electron chi connectivity index (χ1n) is 4.83. The molecule has 0 atom stereocenters. The maximum atomic E-state index is 5.65. The van der Waals surface area contributed by atoms with Crippen molar-refractivity contribution in [2.45, 2.75) is 11.8 Å². The normalized spacial score (nSPS) is 12.1. The van der Waals surface area contributed by atoms with E-state index in [0.717, 1.165) is 21.6 Å². The Balaban J connectivity index is 2.48. The maximum absolute atomic E-state index is 5.65. The van der Waals surface area contributed by atoms with Crippen LogP contribution in [0.4, 0.5) is 0 Å². The van der Waals surface area contributed by atoms with Crippen LogP contribution in [0.2, 0.25) is 0 Å². The van der Waals surface area contributed by atoms with Gasteiger partial charge in [-0.15, -0.1) is 12.6 Å². The van der Waals surface area contributed by atoms with Crippen molar-refractivity contribution < 1.29 is 4.42 Å². The van der Waals surface area contributed by atoms with Crippen molar-refractivity contribution in [3.05, 3.63) is 48.3 Å². The Kier molecular flexibility index (Phi) is 2.97. The predicted molar refractivity (Wildman–Crippen MR) is 67.3 cm³/mol. The van der Waals surface area contributed by atoms with Crippen LogP contribution in [0.5, 0.6) is 0 Å². The zero-order valence-electron chi connectivity index (χ0n) is 8.47. The average molecular weight is 216 g/mol. The van der Waals surface area contributed by atoms with E-state index in [9.17, 15) is 0 Å². The molecular formula is C13H12OS. The van der Waals surface area contributed by atoms with Gasteiger partial charge in [0.1, 0.15) is 11.3 Å². The molecule has 0 fully saturated rings. The number of furan rings is 1. The summed E-state index contributed by atoms with van der Waals surface area (Å²) in [5, 5.41) is 1.06. The van der Waals surface area contributed by atoms with Gasteiger partial charge < -0.3 is 4.42 Å². The zero-order valence-corrected chi connectivity index (χ0v) is 9.37. The van der Waals surface area contributed by atoms with Crippen LogP contribution in [0.25, 0.3) is 17.0 Å². The summed E-state index contributed by atoms with van der Waals surface area (Å²) in [6, 6.07) is 7.89. The van der Waals surface area contributed by atoms with Crippen molar-refractivity contribution in [1.82, 2.24) is 0 Å². The molecular weight excluding hydrogens is 204 g/mol. The lowest BCUT2D eigenvalue weighted by atomic mass is 10.2. The molecule has 0 saturated heterocycles. The fourth-order valence-electron chi connectivity index (χ4n) is 1.42. The summed E-state index contributed by atoms with van der Waals surface area (Å²) >= 11 is 4.45. The second kappa shape index (κ2) is 4.41. The fourth-order valence-corrected chi connectivity index (χ4v) is 1.72. The van der Waals surface area contributed by atoms with Crippen molar-refractivity contribution >= 4 is 29.7 Å². The summed E-state index contributed by atoms with van der Waals surface area (Å²) in [6.45, 7) is 1.98. The molecule has 1 aromatic heterocycles. The van der Waals surface area contributed by atoms with E-state index in [4.69, 9.17) is 4.42 Å². The van der Waals surface area contributed by atoms with E-state index < -0.39 is 0 Å². The van der Waals surface area contributed by atoms with Crippen molar-refractivity contribution in [2.24, 2.45) is 0 Å². The van der Waals surface area contributed by atoms with Crippen LogP contribution in [0, 0.1) is 0 Å². The van der Waals surface area contributed by atoms with E-state index in [2.05, 4.69) is 12.6 Å². The summed E-state index contributed by atoms with van der Waals surface area (Å²) in [4.78, 5) is 0.895. The first-order chi connectivity index (χ1) is 7.33. The Morgan fingerprint density at radius 1 is 1.20 bits per heavy atom. The van der Waals surface area contributed by atoms with Crippen LogP contribution in [0.15, 0.2) is 51.8 Å². The lowest BCUT2D eigenvalue weighted by molar-refractivity contribution is 0.596. The monoisotopic (exact) mass is 216 g/mol. The molecule has 15 heavy (non-hydrogen) atoms. The van der Waals surface area contributed by atoms with Crippen LogP contribution in [0.1, 0.15) is 12.7 Å². The number of allylic oxidation sites excluding steroid dienone is 3. The van der Waals surface area contributed by atoms with Gasteiger partial charge in [-0.2, -0.15) is 0 Å². The van der Waals surface area contributed by atoms with Gasteiger partial charge in [0.2, 0.25) is 0 Å². The van der Waals surface area contributed by atoms with E-state index in [1.165, 1.54) is 0 Å². The van der Waals surface area contributed by atoms with Crippen LogP contribution >= 0.6 is 12.6 Å². The third kappa shape index (κ3) is 2.00. The van der Waals surface area contributed by atoms with Gasteiger partial charge in [0.15, 0.2) is 0 Å². The smallest absolute Gasteiger partial charge is 0.141 e. The third-order valence-electron chi connectivity index (χ3n) is 2.15. The number of thiol groups is 1. The molecule has 76 valence electrons. The molecule has 0 unspecified atom stereocenters. The Bertz CT molecular complexity index is 520. The topological polar surface area (TPSA) is 13.1 Å². The lowest BCUT2D eigenvalue weighted by Crippen LogP contribution is -1.65. The molecule has 2 rings (SSSR count). The molecule has 0 aliphatic heterocycles. The standard InChI is InChI=1S/C13H12OS/c1-2-3-4-9-12-13(15)10-7-5-6-8-11(10)14-12/h2-9,15H,1H3. The predicted octanol–water partition coefficient (Wildman–Crippen LogP) is 4.31. The molecule has 0 radical (unpaired) electrons. The highest BCUT2D eigenvalue weighted by molar-refractivity contribution is 7.80. The van der Waals surface area contributed by atoms with Gasteiger partial charge in [-0.25, -0.2) is 0 Å². The van der Waals surface area contributed by atoms with Gasteiger partial charge in [-0.05, 0) is 25.1 Å². The third-order valence-corrected chi connectivity index (χ3v) is 2.61. The Labute approximate surface area is 94.5 Å². The fraction of sp³-hybridized carbons (Fsp3) is 0.0769. The average Bonchev–Trinajstić information content (AvgIpc) is 2.57. The van der Waals surface area contributed by atoms with Gasteiger partial charge in [-0.1, -0.05) is 30.4 Å². The molecule has 2 aromatic rings. The molecule has 0 N–H and O–H groups in total. The zero-order chi connectivity index (χ0) is 10.7. The molecule has 0 spiro atoms. The SMILES string of the molecule is CC=CC=Cc1oc2ccccc2c1S. The quantitative estimate of drug-likeness (QED) is 0.583. The minimum absolute atomic E-state index is 0.803. The molecule has 0 saturated carbocycles. The summed E-state index contributed by atoms with van der Waals surface area (Å²) in [6.07, 6.45) is 7.79. The van der Waals surface area contributed by atoms with Crippen molar-refractivity contribution in [1.29, 1.82) is 0 Å². The van der Waals surface area contributed by atoms with Gasteiger partial charge in [-0.3, -0.25) is 0 Å². The highest BCUT2D eigenvalue weighted by Crippen LogP contribution is 2.29. The first kappa shape index (κ1) is 10.1. The highest BCUT2D eigenvalue weighted by Gasteiger charge is 2.06. The Morgan fingerprint density at radius 2 is 2.00 bits per heavy atom. The second-order valence-electron chi connectivity index (χ2n) is 3.20. The number of para-hydroxylation sites is 1. The Morgan fingerprint density at radius 3 is 2.73 bits per heavy atom. The van der Waals surface area contributed by atoms with Crippen molar-refractivity contribution in [3.63, 3.8) is 0 Å². The van der Waals surface area contributed by atoms with Crippen LogP contribution < -0.4 is 0 Å². The van der Waals surface area contributed by atoms with Crippen molar-refractivity contribution in [3.8, 4) is 0 Å². The van der Waals surface area contributed by atoms with Gasteiger partial charge in [0, 0.05) is 5.39 Å². The van der Waals surface area contributed by atoms with Gasteiger partial charge >= 0.3 is 0 Å². The molecule has 1 heterocycles. The van der Waals surface area contributed by atoms with Gasteiger partial charge in [0.05, 0.1) is 4.90 Å². The second-order valence-corrected chi connectivity index (χ2v) is 3.64. The molecule has 1 nitrogen and oxygen atoms in total. The number of fused-ring (bicyclic) bond motifs is 1. The van der Waals surface area contributed by atoms with E-state index in [1.807, 2.05) is 55.5 Å². The summed E-state index contributed by atoms with van der Waals surface area (Å²) < 4.78 is 5.65. The summed E-state index contributed by atoms with van der Waals surface area (Å²) in [7, 11) is 0. The number of hydrogen-bond donors (Lipinski definition) is 1. The minimum atomic E-state index is 0.803. The molecule has 0 aliphatic rings. The van der Waals surface area contributed by atoms with E-state index in [-0.39, 0.29) is 0 Å². The summed E-state index contributed by atoms with van der Waals surface area (Å²) in [5.74, 6) is 0.803. The largest absolute Gasteiger partial charge is 0.456 e. The number of benzene rings is 1. The van der Waals surface area contributed by atoms with E-state index in [0.29, 0.717) is 0 Å². The van der Waals surface area contributed by atoms with Crippen LogP contribution in [-0.2, 0) is 0 Å². The summed E-state index contributed by atoms with van der Waals surface area (Å²) in [5.41, 5.74) is 0.877. The maximum Gasteiger partial charge on any atom is 0.141 e.